The van der Waals surface area contributed by atoms with Gasteiger partial charge in [-0.1, -0.05) is 0 Å². The summed E-state index contributed by atoms with van der Waals surface area (Å²) < 4.78 is 5.61. The van der Waals surface area contributed by atoms with Crippen LogP contribution in [0.4, 0.5) is 0 Å². The molecule has 0 amide bonds. The van der Waals surface area contributed by atoms with Crippen LogP contribution in [0.5, 0.6) is 0 Å². The van der Waals surface area contributed by atoms with Gasteiger partial charge in [0.25, 0.3) is 0 Å². The predicted molar refractivity (Wildman–Crippen MR) is 67.1 cm³/mol. The lowest BCUT2D eigenvalue weighted by atomic mass is 10.0. The fourth-order valence-corrected chi connectivity index (χ4v) is 2.36. The number of rotatable bonds is 6. The Hall–Kier alpha value is -0.970. The summed E-state index contributed by atoms with van der Waals surface area (Å²) in [6.07, 6.45) is 9.85. The second-order valence-corrected chi connectivity index (χ2v) is 4.57. The van der Waals surface area contributed by atoms with Crippen LogP contribution in [0.3, 0.4) is 0 Å². The predicted octanol–water partition coefficient (Wildman–Crippen LogP) is 1.94. The van der Waals surface area contributed by atoms with Gasteiger partial charge in [-0.2, -0.15) is 0 Å². The zero-order valence-electron chi connectivity index (χ0n) is 10.1. The minimum absolute atomic E-state index is 0.222. The second kappa shape index (κ2) is 6.69. The third-order valence-corrected chi connectivity index (χ3v) is 3.35. The number of nitrogens with two attached hydrogens (primary N) is 1. The Labute approximate surface area is 103 Å². The van der Waals surface area contributed by atoms with Crippen molar-refractivity contribution in [2.24, 2.45) is 5.84 Å². The number of hydrogen-bond acceptors (Lipinski definition) is 4. The van der Waals surface area contributed by atoms with Crippen LogP contribution in [0.25, 0.3) is 0 Å². The van der Waals surface area contributed by atoms with Gasteiger partial charge in [0, 0.05) is 25.0 Å². The average Bonchev–Trinajstić information content (AvgIpc) is 2.89. The smallest absolute Gasteiger partial charge is 0.0576 e. The van der Waals surface area contributed by atoms with Crippen LogP contribution in [-0.4, -0.2) is 17.7 Å². The van der Waals surface area contributed by atoms with Crippen molar-refractivity contribution in [2.75, 3.05) is 6.61 Å². The van der Waals surface area contributed by atoms with E-state index in [1.54, 1.807) is 12.4 Å². The maximum atomic E-state index is 5.61. The zero-order chi connectivity index (χ0) is 11.9. The van der Waals surface area contributed by atoms with E-state index in [2.05, 4.69) is 10.4 Å². The van der Waals surface area contributed by atoms with Gasteiger partial charge in [0.2, 0.25) is 0 Å². The van der Waals surface area contributed by atoms with Gasteiger partial charge in [-0.05, 0) is 49.8 Å². The molecule has 2 unspecified atom stereocenters. The molecule has 0 aliphatic carbocycles. The minimum atomic E-state index is 0.222. The Morgan fingerprint density at radius 3 is 2.94 bits per heavy atom. The molecule has 1 fully saturated rings. The highest BCUT2D eigenvalue weighted by molar-refractivity contribution is 5.14. The maximum Gasteiger partial charge on any atom is 0.0576 e. The first-order valence-electron chi connectivity index (χ1n) is 6.38. The number of hydrogen-bond donors (Lipinski definition) is 2. The number of hydrazine groups is 1. The van der Waals surface area contributed by atoms with Crippen molar-refractivity contribution >= 4 is 0 Å². The number of aromatic nitrogens is 1. The van der Waals surface area contributed by atoms with Crippen molar-refractivity contribution in [2.45, 2.75) is 44.2 Å². The third kappa shape index (κ3) is 3.77. The molecule has 17 heavy (non-hydrogen) atoms. The summed E-state index contributed by atoms with van der Waals surface area (Å²) in [7, 11) is 0. The summed E-state index contributed by atoms with van der Waals surface area (Å²) in [5, 5.41) is 0. The largest absolute Gasteiger partial charge is 0.378 e. The van der Waals surface area contributed by atoms with E-state index in [9.17, 15) is 0 Å². The van der Waals surface area contributed by atoms with Crippen molar-refractivity contribution in [1.82, 2.24) is 10.4 Å². The van der Waals surface area contributed by atoms with Gasteiger partial charge in [-0.25, -0.2) is 0 Å². The first kappa shape index (κ1) is 12.5. The fourth-order valence-electron chi connectivity index (χ4n) is 2.36. The van der Waals surface area contributed by atoms with Gasteiger partial charge in [-0.3, -0.25) is 16.3 Å². The molecule has 94 valence electrons. The van der Waals surface area contributed by atoms with Crippen LogP contribution in [0, 0.1) is 0 Å². The quantitative estimate of drug-likeness (QED) is 0.584. The summed E-state index contributed by atoms with van der Waals surface area (Å²) >= 11 is 0. The summed E-state index contributed by atoms with van der Waals surface area (Å²) in [6.45, 7) is 0.938. The minimum Gasteiger partial charge on any atom is -0.378 e. The highest BCUT2D eigenvalue weighted by Gasteiger charge is 2.16. The van der Waals surface area contributed by atoms with E-state index in [1.807, 2.05) is 12.1 Å². The number of nitrogens with one attached hydrogen (secondary N) is 1. The van der Waals surface area contributed by atoms with Crippen molar-refractivity contribution in [3.63, 3.8) is 0 Å². The third-order valence-electron chi connectivity index (χ3n) is 3.35. The molecular formula is C13H21N3O. The molecule has 2 heterocycles. The van der Waals surface area contributed by atoms with Crippen LogP contribution in [0.1, 0.15) is 43.7 Å². The SMILES string of the molecule is NNC(CCCC1CCCO1)c1ccncc1. The lowest BCUT2D eigenvalue weighted by Crippen LogP contribution is -2.28. The zero-order valence-corrected chi connectivity index (χ0v) is 10.1. The Morgan fingerprint density at radius 2 is 2.29 bits per heavy atom. The van der Waals surface area contributed by atoms with Gasteiger partial charge in [0.15, 0.2) is 0 Å². The molecule has 2 rings (SSSR count). The van der Waals surface area contributed by atoms with Gasteiger partial charge in [-0.15, -0.1) is 0 Å². The normalized spacial score (nSPS) is 21.6. The molecule has 0 spiro atoms. The molecule has 2 atom stereocenters. The first-order chi connectivity index (χ1) is 8.40. The number of nitrogens with zero attached hydrogens (tertiary/aromatic N) is 1. The Kier molecular flexibility index (Phi) is 4.91. The maximum absolute atomic E-state index is 5.61. The van der Waals surface area contributed by atoms with Crippen LogP contribution in [0.15, 0.2) is 24.5 Å². The number of pyridine rings is 1. The topological polar surface area (TPSA) is 60.2 Å². The Morgan fingerprint density at radius 1 is 1.47 bits per heavy atom. The molecule has 0 radical (unpaired) electrons. The molecular weight excluding hydrogens is 214 g/mol. The van der Waals surface area contributed by atoms with Gasteiger partial charge in [0.1, 0.15) is 0 Å². The standard InChI is InChI=1S/C13H21N3O/c14-16-13(11-6-8-15-9-7-11)5-1-3-12-4-2-10-17-12/h6-9,12-13,16H,1-5,10,14H2. The van der Waals surface area contributed by atoms with Crippen LogP contribution in [-0.2, 0) is 4.74 Å². The van der Waals surface area contributed by atoms with Crippen molar-refractivity contribution in [3.05, 3.63) is 30.1 Å². The summed E-state index contributed by atoms with van der Waals surface area (Å²) in [4.78, 5) is 4.02. The van der Waals surface area contributed by atoms with Gasteiger partial charge < -0.3 is 4.74 Å². The van der Waals surface area contributed by atoms with E-state index in [0.717, 1.165) is 25.9 Å². The fraction of sp³-hybridized carbons (Fsp3) is 0.615. The van der Waals surface area contributed by atoms with Gasteiger partial charge >= 0.3 is 0 Å². The molecule has 1 aliphatic heterocycles. The van der Waals surface area contributed by atoms with E-state index >= 15 is 0 Å². The molecule has 0 bridgehead atoms. The summed E-state index contributed by atoms with van der Waals surface area (Å²) in [5.41, 5.74) is 4.08. The first-order valence-corrected chi connectivity index (χ1v) is 6.38. The second-order valence-electron chi connectivity index (χ2n) is 4.57. The molecule has 1 aliphatic rings. The van der Waals surface area contributed by atoms with E-state index < -0.39 is 0 Å². The monoisotopic (exact) mass is 235 g/mol. The molecule has 1 saturated heterocycles. The van der Waals surface area contributed by atoms with Crippen molar-refractivity contribution < 1.29 is 4.74 Å². The summed E-state index contributed by atoms with van der Waals surface area (Å²) in [5.74, 6) is 5.60. The van der Waals surface area contributed by atoms with E-state index in [0.29, 0.717) is 6.10 Å². The van der Waals surface area contributed by atoms with Crippen LogP contribution in [0.2, 0.25) is 0 Å². The average molecular weight is 235 g/mol. The van der Waals surface area contributed by atoms with Crippen molar-refractivity contribution in [1.29, 1.82) is 0 Å². The molecule has 1 aromatic heterocycles. The molecule has 3 N–H and O–H groups in total. The summed E-state index contributed by atoms with van der Waals surface area (Å²) in [6, 6.07) is 4.24. The highest BCUT2D eigenvalue weighted by atomic mass is 16.5. The Balaban J connectivity index is 1.75. The Bertz CT molecular complexity index is 312. The van der Waals surface area contributed by atoms with Crippen LogP contribution < -0.4 is 11.3 Å². The van der Waals surface area contributed by atoms with E-state index in [4.69, 9.17) is 10.6 Å². The molecule has 4 heteroatoms. The van der Waals surface area contributed by atoms with Crippen molar-refractivity contribution in [3.8, 4) is 0 Å². The highest BCUT2D eigenvalue weighted by Crippen LogP contribution is 2.22. The molecule has 0 aromatic carbocycles. The number of ether oxygens (including phenoxy) is 1. The lowest BCUT2D eigenvalue weighted by molar-refractivity contribution is 0.101. The molecule has 0 saturated carbocycles. The van der Waals surface area contributed by atoms with Crippen LogP contribution >= 0.6 is 0 Å². The van der Waals surface area contributed by atoms with Gasteiger partial charge in [0.05, 0.1) is 6.10 Å². The molecule has 4 nitrogen and oxygen atoms in total. The van der Waals surface area contributed by atoms with E-state index in [-0.39, 0.29) is 6.04 Å². The van der Waals surface area contributed by atoms with E-state index in [1.165, 1.54) is 18.4 Å². The molecule has 1 aromatic rings. The lowest BCUT2D eigenvalue weighted by Gasteiger charge is -2.17.